The average molecular weight is 410 g/mol. The van der Waals surface area contributed by atoms with Gasteiger partial charge in [0.25, 0.3) is 5.56 Å². The zero-order chi connectivity index (χ0) is 18.7. The summed E-state index contributed by atoms with van der Waals surface area (Å²) in [5.74, 6) is -0.535. The third kappa shape index (κ3) is 4.45. The summed E-state index contributed by atoms with van der Waals surface area (Å²) in [4.78, 5) is 37.2. The fraction of sp³-hybridized carbons (Fsp3) is 0.278. The first-order chi connectivity index (χ1) is 12.5. The molecule has 7 nitrogen and oxygen atoms in total. The van der Waals surface area contributed by atoms with Crippen molar-refractivity contribution in [3.63, 3.8) is 0 Å². The lowest BCUT2D eigenvalue weighted by molar-refractivity contribution is -0.145. The Morgan fingerprint density at radius 3 is 2.67 bits per heavy atom. The fourth-order valence-electron chi connectivity index (χ4n) is 2.85. The summed E-state index contributed by atoms with van der Waals surface area (Å²) in [5, 5.41) is 3.40. The van der Waals surface area contributed by atoms with Gasteiger partial charge >= 0.3 is 5.97 Å². The van der Waals surface area contributed by atoms with Gasteiger partial charge in [-0.25, -0.2) is 4.79 Å². The number of esters is 1. The van der Waals surface area contributed by atoms with Crippen LogP contribution in [0, 0.1) is 0 Å². The third-order valence-electron chi connectivity index (χ3n) is 4.20. The molecule has 9 heteroatoms. The number of halogens is 1. The number of amides is 1. The molecule has 0 aliphatic carbocycles. The molecule has 0 unspecified atom stereocenters. The Bertz CT molecular complexity index is 888. The number of hydrogen-bond donors (Lipinski definition) is 2. The Hall–Kier alpha value is -2.45. The monoisotopic (exact) mass is 409 g/mol. The van der Waals surface area contributed by atoms with Crippen molar-refractivity contribution in [3.8, 4) is 0 Å². The second kappa shape index (κ2) is 8.96. The zero-order valence-corrected chi connectivity index (χ0v) is 16.2. The first-order valence-corrected chi connectivity index (χ1v) is 9.05. The van der Waals surface area contributed by atoms with E-state index in [1.54, 1.807) is 6.07 Å². The van der Waals surface area contributed by atoms with E-state index in [0.717, 1.165) is 5.56 Å². The molecule has 1 aromatic carbocycles. The molecule has 1 aromatic heterocycles. The van der Waals surface area contributed by atoms with Gasteiger partial charge in [0, 0.05) is 12.2 Å². The van der Waals surface area contributed by atoms with Crippen molar-refractivity contribution in [2.24, 2.45) is 0 Å². The predicted octanol–water partition coefficient (Wildman–Crippen LogP) is 1.40. The molecule has 0 spiro atoms. The van der Waals surface area contributed by atoms with E-state index in [0.29, 0.717) is 17.2 Å². The number of rotatable bonds is 5. The van der Waals surface area contributed by atoms with Gasteiger partial charge in [0.05, 0.1) is 17.8 Å². The predicted molar refractivity (Wildman–Crippen MR) is 106 cm³/mol. The van der Waals surface area contributed by atoms with Crippen LogP contribution in [0.3, 0.4) is 0 Å². The topological polar surface area (TPSA) is 103 Å². The molecule has 3 N–H and O–H groups in total. The van der Waals surface area contributed by atoms with Gasteiger partial charge in [-0.15, -0.1) is 24.2 Å². The Kier molecular flexibility index (Phi) is 6.92. The van der Waals surface area contributed by atoms with Gasteiger partial charge in [-0.1, -0.05) is 30.3 Å². The van der Waals surface area contributed by atoms with Crippen molar-refractivity contribution in [2.45, 2.75) is 23.5 Å². The molecule has 0 saturated carbocycles. The Labute approximate surface area is 166 Å². The number of carbonyl (C=O) groups is 2. The SMILES string of the molecule is COC(=O)[C@H](Cc1ccccc1)NC(=O)[C@@H]1CSc2ccc(N)c(=O)n21.Cl. The number of nitrogen functional groups attached to an aromatic ring is 1. The summed E-state index contributed by atoms with van der Waals surface area (Å²) in [6.07, 6.45) is 0.303. The van der Waals surface area contributed by atoms with Gasteiger partial charge in [0.15, 0.2) is 0 Å². The van der Waals surface area contributed by atoms with Gasteiger partial charge in [0.2, 0.25) is 5.91 Å². The van der Waals surface area contributed by atoms with Gasteiger partial charge in [-0.05, 0) is 17.7 Å². The zero-order valence-electron chi connectivity index (χ0n) is 14.6. The highest BCUT2D eigenvalue weighted by molar-refractivity contribution is 7.99. The standard InChI is InChI=1S/C18H19N3O4S.ClH/c1-25-18(24)13(9-11-5-3-2-4-6-11)20-16(22)14-10-26-15-8-7-12(19)17(23)21(14)15;/h2-8,13-14H,9-10,19H2,1H3,(H,20,22);1H/t13-,14-;/m0./s1. The second-order valence-corrected chi connectivity index (χ2v) is 6.94. The van der Waals surface area contributed by atoms with Crippen LogP contribution in [0.15, 0.2) is 52.3 Å². The quantitative estimate of drug-likeness (QED) is 0.723. The molecule has 2 aromatic rings. The first-order valence-electron chi connectivity index (χ1n) is 8.07. The van der Waals surface area contributed by atoms with Crippen LogP contribution in [0.25, 0.3) is 0 Å². The molecule has 2 heterocycles. The third-order valence-corrected chi connectivity index (χ3v) is 5.31. The van der Waals surface area contributed by atoms with E-state index in [1.165, 1.54) is 29.5 Å². The average Bonchev–Trinajstić information content (AvgIpc) is 3.09. The van der Waals surface area contributed by atoms with Crippen LogP contribution in [-0.2, 0) is 20.7 Å². The van der Waals surface area contributed by atoms with Crippen LogP contribution in [0.4, 0.5) is 5.69 Å². The maximum atomic E-state index is 12.8. The normalized spacial score (nSPS) is 16.0. The highest BCUT2D eigenvalue weighted by atomic mass is 35.5. The van der Waals surface area contributed by atoms with E-state index in [9.17, 15) is 14.4 Å². The van der Waals surface area contributed by atoms with Crippen LogP contribution in [0.2, 0.25) is 0 Å². The van der Waals surface area contributed by atoms with Gasteiger partial charge < -0.3 is 15.8 Å². The number of nitrogens with two attached hydrogens (primary N) is 1. The number of anilines is 1. The van der Waals surface area contributed by atoms with Gasteiger partial charge in [-0.2, -0.15) is 0 Å². The van der Waals surface area contributed by atoms with Crippen molar-refractivity contribution in [3.05, 3.63) is 58.4 Å². The summed E-state index contributed by atoms with van der Waals surface area (Å²) in [6.45, 7) is 0. The second-order valence-electron chi connectivity index (χ2n) is 5.90. The molecule has 1 aliphatic heterocycles. The molecule has 144 valence electrons. The maximum absolute atomic E-state index is 12.8. The number of methoxy groups -OCH3 is 1. The van der Waals surface area contributed by atoms with Crippen LogP contribution in [-0.4, -0.2) is 35.3 Å². The van der Waals surface area contributed by atoms with Gasteiger partial charge in [-0.3, -0.25) is 14.2 Å². The lowest BCUT2D eigenvalue weighted by Gasteiger charge is -2.20. The Balaban J connectivity index is 0.00000261. The van der Waals surface area contributed by atoms with E-state index < -0.39 is 29.5 Å². The molecule has 27 heavy (non-hydrogen) atoms. The molecule has 1 amide bonds. The number of benzene rings is 1. The number of pyridine rings is 1. The highest BCUT2D eigenvalue weighted by Gasteiger charge is 2.33. The summed E-state index contributed by atoms with van der Waals surface area (Å²) < 4.78 is 6.19. The van der Waals surface area contributed by atoms with E-state index in [2.05, 4.69) is 5.32 Å². The van der Waals surface area contributed by atoms with Crippen molar-refractivity contribution in [1.82, 2.24) is 9.88 Å². The highest BCUT2D eigenvalue weighted by Crippen LogP contribution is 2.32. The smallest absolute Gasteiger partial charge is 0.328 e. The van der Waals surface area contributed by atoms with E-state index >= 15 is 0 Å². The van der Waals surface area contributed by atoms with E-state index in [-0.39, 0.29) is 18.1 Å². The molecule has 0 saturated heterocycles. The minimum atomic E-state index is -0.833. The molecular weight excluding hydrogens is 390 g/mol. The Morgan fingerprint density at radius 1 is 1.30 bits per heavy atom. The summed E-state index contributed by atoms with van der Waals surface area (Å²) >= 11 is 1.40. The molecule has 0 radical (unpaired) electrons. The van der Waals surface area contributed by atoms with Crippen molar-refractivity contribution in [2.75, 3.05) is 18.6 Å². The van der Waals surface area contributed by atoms with Crippen LogP contribution in [0.1, 0.15) is 11.6 Å². The van der Waals surface area contributed by atoms with Crippen molar-refractivity contribution < 1.29 is 14.3 Å². The van der Waals surface area contributed by atoms with Gasteiger partial charge in [0.1, 0.15) is 12.1 Å². The largest absolute Gasteiger partial charge is 0.467 e. The molecule has 3 rings (SSSR count). The van der Waals surface area contributed by atoms with E-state index in [4.69, 9.17) is 10.5 Å². The molecular formula is C18H20ClN3O4S. The minimum Gasteiger partial charge on any atom is -0.467 e. The number of nitrogens with one attached hydrogen (secondary N) is 1. The number of carbonyl (C=O) groups excluding carboxylic acids is 2. The molecule has 0 fully saturated rings. The number of nitrogens with zero attached hydrogens (tertiary/aromatic N) is 1. The van der Waals surface area contributed by atoms with E-state index in [1.807, 2.05) is 30.3 Å². The van der Waals surface area contributed by atoms with Crippen LogP contribution < -0.4 is 16.6 Å². The van der Waals surface area contributed by atoms with Crippen LogP contribution >= 0.6 is 24.2 Å². The molecule has 1 aliphatic rings. The van der Waals surface area contributed by atoms with Crippen molar-refractivity contribution >= 4 is 41.7 Å². The number of fused-ring (bicyclic) bond motifs is 1. The first kappa shape index (κ1) is 20.9. The van der Waals surface area contributed by atoms with Crippen molar-refractivity contribution in [1.29, 1.82) is 0 Å². The number of thioether (sulfide) groups is 1. The lowest BCUT2D eigenvalue weighted by Crippen LogP contribution is -2.47. The summed E-state index contributed by atoms with van der Waals surface area (Å²) in [6, 6.07) is 11.0. The summed E-state index contributed by atoms with van der Waals surface area (Å²) in [7, 11) is 1.28. The fourth-order valence-corrected chi connectivity index (χ4v) is 3.99. The maximum Gasteiger partial charge on any atom is 0.328 e. The molecule has 2 atom stereocenters. The summed E-state index contributed by atoms with van der Waals surface area (Å²) in [5.41, 5.74) is 6.26. The number of hydrogen-bond acceptors (Lipinski definition) is 6. The molecule has 0 bridgehead atoms. The lowest BCUT2D eigenvalue weighted by atomic mass is 10.1. The number of ether oxygens (including phenoxy) is 1. The minimum absolute atomic E-state index is 0. The Morgan fingerprint density at radius 2 is 2.00 bits per heavy atom. The number of aromatic nitrogens is 1. The van der Waals surface area contributed by atoms with Crippen LogP contribution in [0.5, 0.6) is 0 Å².